The van der Waals surface area contributed by atoms with Gasteiger partial charge in [0.1, 0.15) is 17.8 Å². The molecule has 0 bridgehead atoms. The Hall–Kier alpha value is -4.07. The highest BCUT2D eigenvalue weighted by molar-refractivity contribution is 7.99. The fourth-order valence-corrected chi connectivity index (χ4v) is 6.82. The first-order valence-corrected chi connectivity index (χ1v) is 17.6. The number of carbonyl (C=O) groups excluding carboxylic acids is 3. The second-order valence-corrected chi connectivity index (χ2v) is 13.3. The van der Waals surface area contributed by atoms with Crippen molar-refractivity contribution in [3.63, 3.8) is 0 Å². The molecule has 2 N–H and O–H groups in total. The maximum absolute atomic E-state index is 12.4. The number of hydrogen-bond donors (Lipinski definition) is 2. The van der Waals surface area contributed by atoms with Gasteiger partial charge >= 0.3 is 0 Å². The van der Waals surface area contributed by atoms with Crippen LogP contribution in [0.3, 0.4) is 0 Å². The molecule has 4 aromatic rings. The van der Waals surface area contributed by atoms with Crippen LogP contribution >= 0.6 is 23.5 Å². The van der Waals surface area contributed by atoms with Crippen LogP contribution in [0.1, 0.15) is 88.1 Å². The smallest absolute Gasteiger partial charge is 0.185 e. The quantitative estimate of drug-likeness (QED) is 0.0875. The maximum Gasteiger partial charge on any atom is 0.185 e. The van der Waals surface area contributed by atoms with Gasteiger partial charge in [-0.05, 0) is 180 Å². The van der Waals surface area contributed by atoms with Crippen molar-refractivity contribution in [2.75, 3.05) is 12.5 Å². The molecule has 0 radical (unpaired) electrons. The molecule has 0 aliphatic heterocycles. The Morgan fingerprint density at radius 1 is 0.553 bits per heavy atom. The zero-order valence-corrected chi connectivity index (χ0v) is 30.9. The summed E-state index contributed by atoms with van der Waals surface area (Å²) in [6.07, 6.45) is 8.28. The van der Waals surface area contributed by atoms with Gasteiger partial charge in [-0.1, -0.05) is 6.08 Å². The molecule has 5 nitrogen and oxygen atoms in total. The molecule has 0 saturated carbocycles. The van der Waals surface area contributed by atoms with Gasteiger partial charge < -0.3 is 10.2 Å². The number of allylic oxidation sites excluding steroid dienone is 1. The minimum absolute atomic E-state index is 0.00719. The van der Waals surface area contributed by atoms with Gasteiger partial charge in [-0.15, -0.1) is 23.5 Å². The monoisotopic (exact) mass is 670 g/mol. The van der Waals surface area contributed by atoms with Crippen LogP contribution < -0.4 is 0 Å². The molecule has 47 heavy (non-hydrogen) atoms. The summed E-state index contributed by atoms with van der Waals surface area (Å²) in [5.41, 5.74) is 10.8. The predicted molar refractivity (Wildman–Crippen MR) is 199 cm³/mol. The summed E-state index contributed by atoms with van der Waals surface area (Å²) in [5.74, 6) is 0.717. The van der Waals surface area contributed by atoms with Crippen LogP contribution in [0.25, 0.3) is 6.08 Å². The Bertz CT molecular complexity index is 1730. The molecule has 0 heterocycles. The standard InChI is InChI=1S/C20H22O2S.C11H14OS.C9H10O2/c1-12-8-16(9-13(2)19(12)22)6-7-18(21)17-10-14(3)20(23-5)15(4)11-17;1-7-5-10(9(3)12)6-8(2)11(7)13-4;1-6-3-8(5-10)4-7(2)9(6)11/h6-11,22H,1-5H3;5-6H,1-4H3;3-5,11H,1-2H3/b7-6+;;. The second kappa shape index (κ2) is 17.7. The minimum Gasteiger partial charge on any atom is -0.507 e. The zero-order chi connectivity index (χ0) is 35.6. The molecule has 4 rings (SSSR count). The number of thioether (sulfide) groups is 2. The summed E-state index contributed by atoms with van der Waals surface area (Å²) in [7, 11) is 0. The van der Waals surface area contributed by atoms with E-state index in [9.17, 15) is 24.6 Å². The normalized spacial score (nSPS) is 10.5. The first-order valence-electron chi connectivity index (χ1n) is 15.1. The van der Waals surface area contributed by atoms with Gasteiger partial charge in [-0.2, -0.15) is 0 Å². The van der Waals surface area contributed by atoms with Crippen molar-refractivity contribution in [2.24, 2.45) is 0 Å². The molecule has 0 fully saturated rings. The van der Waals surface area contributed by atoms with E-state index >= 15 is 0 Å². The third-order valence-corrected chi connectivity index (χ3v) is 9.71. The van der Waals surface area contributed by atoms with Crippen LogP contribution in [0, 0.1) is 55.4 Å². The van der Waals surface area contributed by atoms with Crippen molar-refractivity contribution in [3.05, 3.63) is 121 Å². The average molecular weight is 671 g/mol. The van der Waals surface area contributed by atoms with Crippen molar-refractivity contribution < 1.29 is 24.6 Å². The number of aromatic hydroxyl groups is 2. The van der Waals surface area contributed by atoms with E-state index in [1.165, 1.54) is 20.9 Å². The first kappa shape index (κ1) is 39.1. The van der Waals surface area contributed by atoms with Gasteiger partial charge in [-0.3, -0.25) is 14.4 Å². The Labute approximate surface area is 288 Å². The van der Waals surface area contributed by atoms with Crippen molar-refractivity contribution in [1.29, 1.82) is 0 Å². The van der Waals surface area contributed by atoms with Crippen LogP contribution in [0.2, 0.25) is 0 Å². The van der Waals surface area contributed by atoms with Crippen LogP contribution in [0.4, 0.5) is 0 Å². The van der Waals surface area contributed by atoms with E-state index in [0.29, 0.717) is 16.9 Å². The lowest BCUT2D eigenvalue weighted by atomic mass is 10.0. The van der Waals surface area contributed by atoms with Gasteiger partial charge in [0, 0.05) is 26.5 Å². The number of rotatable bonds is 7. The molecule has 0 unspecified atom stereocenters. The number of aryl methyl sites for hydroxylation is 8. The zero-order valence-electron chi connectivity index (χ0n) is 29.3. The van der Waals surface area contributed by atoms with E-state index in [1.54, 1.807) is 68.6 Å². The van der Waals surface area contributed by atoms with Gasteiger partial charge in [0.05, 0.1) is 0 Å². The summed E-state index contributed by atoms with van der Waals surface area (Å²) < 4.78 is 0. The molecule has 0 atom stereocenters. The number of phenols is 2. The summed E-state index contributed by atoms with van der Waals surface area (Å²) in [6, 6.07) is 14.9. The number of hydrogen-bond acceptors (Lipinski definition) is 7. The molecular weight excluding hydrogens is 625 g/mol. The lowest BCUT2D eigenvalue weighted by Crippen LogP contribution is -1.98. The van der Waals surface area contributed by atoms with Gasteiger partial charge in [-0.25, -0.2) is 0 Å². The van der Waals surface area contributed by atoms with E-state index in [2.05, 4.69) is 6.26 Å². The number of carbonyl (C=O) groups is 3. The second-order valence-electron chi connectivity index (χ2n) is 11.7. The molecule has 0 spiro atoms. The Kier molecular flexibility index (Phi) is 14.8. The van der Waals surface area contributed by atoms with Crippen LogP contribution in [-0.4, -0.2) is 40.6 Å². The molecule has 0 aliphatic carbocycles. The van der Waals surface area contributed by atoms with Gasteiger partial charge in [0.2, 0.25) is 0 Å². The average Bonchev–Trinajstić information content (AvgIpc) is 3.01. The summed E-state index contributed by atoms with van der Waals surface area (Å²) in [4.78, 5) is 36.4. The Balaban J connectivity index is 0.000000270. The molecule has 0 amide bonds. The van der Waals surface area contributed by atoms with Crippen molar-refractivity contribution >= 4 is 47.5 Å². The topological polar surface area (TPSA) is 91.7 Å². The number of Topliss-reactive ketones (excluding diaryl/α,β-unsaturated/α-hetero) is 1. The fourth-order valence-electron chi connectivity index (χ4n) is 5.30. The third-order valence-electron chi connectivity index (χ3n) is 7.61. The van der Waals surface area contributed by atoms with E-state index in [1.807, 2.05) is 84.2 Å². The van der Waals surface area contributed by atoms with E-state index in [0.717, 1.165) is 50.8 Å². The number of benzene rings is 4. The van der Waals surface area contributed by atoms with Crippen molar-refractivity contribution in [2.45, 2.75) is 72.1 Å². The minimum atomic E-state index is -0.00719. The largest absolute Gasteiger partial charge is 0.507 e. The van der Waals surface area contributed by atoms with E-state index < -0.39 is 0 Å². The molecule has 0 saturated heterocycles. The van der Waals surface area contributed by atoms with E-state index in [-0.39, 0.29) is 17.3 Å². The molecule has 248 valence electrons. The van der Waals surface area contributed by atoms with Gasteiger partial charge in [0.25, 0.3) is 0 Å². The first-order chi connectivity index (χ1) is 22.0. The molecule has 0 aromatic heterocycles. The third kappa shape index (κ3) is 10.7. The van der Waals surface area contributed by atoms with E-state index in [4.69, 9.17) is 0 Å². The fraction of sp³-hybridized carbons (Fsp3) is 0.275. The highest BCUT2D eigenvalue weighted by Crippen LogP contribution is 2.28. The molecular formula is C40H46O5S2. The van der Waals surface area contributed by atoms with Crippen LogP contribution in [-0.2, 0) is 0 Å². The summed E-state index contributed by atoms with van der Waals surface area (Å²) in [5, 5.41) is 19.1. The molecule has 0 aliphatic rings. The number of ketones is 2. The lowest BCUT2D eigenvalue weighted by Gasteiger charge is -2.09. The van der Waals surface area contributed by atoms with Crippen molar-refractivity contribution in [1.82, 2.24) is 0 Å². The number of aldehydes is 1. The molecule has 4 aromatic carbocycles. The van der Waals surface area contributed by atoms with Crippen LogP contribution in [0.5, 0.6) is 11.5 Å². The highest BCUT2D eigenvalue weighted by Gasteiger charge is 2.09. The predicted octanol–water partition coefficient (Wildman–Crippen LogP) is 10.3. The Morgan fingerprint density at radius 3 is 1.21 bits per heavy atom. The SMILES string of the molecule is CSc1c(C)cc(C(=O)/C=C/c2cc(C)c(O)c(C)c2)cc1C.CSc1c(C)cc(C(C)=O)cc1C.Cc1cc(C=O)cc(C)c1O. The summed E-state index contributed by atoms with van der Waals surface area (Å²) in [6.45, 7) is 17.0. The molecule has 7 heteroatoms. The van der Waals surface area contributed by atoms with Crippen molar-refractivity contribution in [3.8, 4) is 11.5 Å². The lowest BCUT2D eigenvalue weighted by molar-refractivity contribution is 0.101. The number of phenolic OH excluding ortho intramolecular Hbond substituents is 2. The Morgan fingerprint density at radius 2 is 0.894 bits per heavy atom. The van der Waals surface area contributed by atoms with Gasteiger partial charge in [0.15, 0.2) is 11.6 Å². The van der Waals surface area contributed by atoms with Crippen LogP contribution in [0.15, 0.2) is 64.4 Å². The summed E-state index contributed by atoms with van der Waals surface area (Å²) >= 11 is 3.44. The highest BCUT2D eigenvalue weighted by atomic mass is 32.2. The maximum atomic E-state index is 12.4.